The van der Waals surface area contributed by atoms with Crippen LogP contribution in [0.15, 0.2) is 11.6 Å². The first kappa shape index (κ1) is 14.3. The zero-order chi connectivity index (χ0) is 14.8. The Balaban J connectivity index is 1.79. The van der Waals surface area contributed by atoms with Crippen molar-refractivity contribution in [1.29, 1.82) is 0 Å². The number of thiazole rings is 1. The number of aromatic nitrogens is 2. The molecular weight excluding hydrogens is 286 g/mol. The van der Waals surface area contributed by atoms with Gasteiger partial charge in [0.1, 0.15) is 0 Å². The van der Waals surface area contributed by atoms with E-state index in [-0.39, 0.29) is 5.91 Å². The van der Waals surface area contributed by atoms with Gasteiger partial charge < -0.3 is 15.5 Å². The lowest BCUT2D eigenvalue weighted by atomic mass is 10.3. The van der Waals surface area contributed by atoms with Gasteiger partial charge in [0, 0.05) is 37.8 Å². The van der Waals surface area contributed by atoms with Crippen molar-refractivity contribution in [3.63, 3.8) is 0 Å². The molecule has 0 spiro atoms. The number of carbonyl (C=O) groups is 1. The minimum Gasteiger partial charge on any atom is -0.355 e. The number of hydrogen-bond acceptors (Lipinski definition) is 5. The molecule has 1 aliphatic rings. The number of nitrogens with zero attached hydrogens (tertiary/aromatic N) is 3. The lowest BCUT2D eigenvalue weighted by Crippen LogP contribution is -2.35. The third kappa shape index (κ3) is 3.19. The number of carbonyl (C=O) groups excluding carboxylic acids is 1. The number of imidazole rings is 1. The molecule has 3 rings (SSSR count). The molecule has 0 aromatic carbocycles. The minimum absolute atomic E-state index is 0.0254. The SMILES string of the molecule is CCNC(=O)CN(C)c1nc2sccn2c1CNC1CC1. The van der Waals surface area contributed by atoms with Crippen LogP contribution in [0.2, 0.25) is 0 Å². The number of likely N-dealkylation sites (N-methyl/N-ethyl adjacent to an activating group) is 2. The molecule has 1 fully saturated rings. The predicted octanol–water partition coefficient (Wildman–Crippen LogP) is 1.22. The van der Waals surface area contributed by atoms with E-state index in [9.17, 15) is 4.79 Å². The monoisotopic (exact) mass is 307 g/mol. The normalized spacial score (nSPS) is 14.6. The summed E-state index contributed by atoms with van der Waals surface area (Å²) >= 11 is 1.62. The Labute approximate surface area is 128 Å². The Morgan fingerprint density at radius 3 is 3.10 bits per heavy atom. The van der Waals surface area contributed by atoms with E-state index in [0.29, 0.717) is 19.1 Å². The Morgan fingerprint density at radius 2 is 2.38 bits per heavy atom. The molecule has 1 aliphatic carbocycles. The topological polar surface area (TPSA) is 61.7 Å². The summed E-state index contributed by atoms with van der Waals surface area (Å²) in [6.45, 7) is 3.70. The molecule has 7 heteroatoms. The second kappa shape index (κ2) is 6.03. The van der Waals surface area contributed by atoms with Crippen molar-refractivity contribution in [2.75, 3.05) is 25.0 Å². The maximum atomic E-state index is 11.8. The number of anilines is 1. The van der Waals surface area contributed by atoms with Crippen LogP contribution in [0.5, 0.6) is 0 Å². The quantitative estimate of drug-likeness (QED) is 0.807. The summed E-state index contributed by atoms with van der Waals surface area (Å²) < 4.78 is 2.11. The van der Waals surface area contributed by atoms with Crippen LogP contribution < -0.4 is 15.5 Å². The Morgan fingerprint density at radius 1 is 1.57 bits per heavy atom. The summed E-state index contributed by atoms with van der Waals surface area (Å²) in [5.41, 5.74) is 1.13. The fourth-order valence-corrected chi connectivity index (χ4v) is 3.09. The number of amides is 1. The highest BCUT2D eigenvalue weighted by molar-refractivity contribution is 7.15. The van der Waals surface area contributed by atoms with Crippen molar-refractivity contribution in [3.8, 4) is 0 Å². The third-order valence-electron chi connectivity index (χ3n) is 3.59. The van der Waals surface area contributed by atoms with E-state index in [4.69, 9.17) is 0 Å². The average molecular weight is 307 g/mol. The molecule has 2 N–H and O–H groups in total. The standard InChI is InChI=1S/C14H21N5OS/c1-3-15-12(20)9-18(2)13-11(8-16-10-4-5-10)19-6-7-21-14(19)17-13/h6-7,10,16H,3-5,8-9H2,1-2H3,(H,15,20). The van der Waals surface area contributed by atoms with Crippen LogP contribution in [0.25, 0.3) is 4.96 Å². The molecule has 0 saturated heterocycles. The van der Waals surface area contributed by atoms with E-state index in [0.717, 1.165) is 23.0 Å². The molecule has 1 saturated carbocycles. The number of rotatable bonds is 7. The minimum atomic E-state index is 0.0254. The summed E-state index contributed by atoms with van der Waals surface area (Å²) in [4.78, 5) is 19.3. The molecule has 21 heavy (non-hydrogen) atoms. The second-order valence-electron chi connectivity index (χ2n) is 5.40. The van der Waals surface area contributed by atoms with Crippen molar-refractivity contribution >= 4 is 28.0 Å². The van der Waals surface area contributed by atoms with Gasteiger partial charge in [-0.15, -0.1) is 11.3 Å². The molecule has 1 amide bonds. The van der Waals surface area contributed by atoms with Crippen LogP contribution in [0.3, 0.4) is 0 Å². The molecule has 114 valence electrons. The Bertz CT molecular complexity index is 630. The van der Waals surface area contributed by atoms with E-state index >= 15 is 0 Å². The highest BCUT2D eigenvalue weighted by Gasteiger charge is 2.23. The van der Waals surface area contributed by atoms with E-state index < -0.39 is 0 Å². The van der Waals surface area contributed by atoms with Crippen LogP contribution in [0.1, 0.15) is 25.5 Å². The maximum absolute atomic E-state index is 11.8. The molecule has 0 bridgehead atoms. The fraction of sp³-hybridized carbons (Fsp3) is 0.571. The lowest BCUT2D eigenvalue weighted by Gasteiger charge is -2.18. The van der Waals surface area contributed by atoms with Crippen molar-refractivity contribution in [1.82, 2.24) is 20.0 Å². The molecule has 2 aromatic heterocycles. The average Bonchev–Trinajstić information content (AvgIpc) is 3.04. The van der Waals surface area contributed by atoms with Crippen LogP contribution in [-0.2, 0) is 11.3 Å². The first-order chi connectivity index (χ1) is 10.2. The van der Waals surface area contributed by atoms with E-state index in [1.807, 2.05) is 30.4 Å². The van der Waals surface area contributed by atoms with Gasteiger partial charge in [0.05, 0.1) is 12.2 Å². The second-order valence-corrected chi connectivity index (χ2v) is 6.28. The smallest absolute Gasteiger partial charge is 0.239 e. The van der Waals surface area contributed by atoms with Crippen LogP contribution in [-0.4, -0.2) is 41.5 Å². The van der Waals surface area contributed by atoms with Gasteiger partial charge >= 0.3 is 0 Å². The molecule has 0 aliphatic heterocycles. The maximum Gasteiger partial charge on any atom is 0.239 e. The highest BCUT2D eigenvalue weighted by Crippen LogP contribution is 2.26. The van der Waals surface area contributed by atoms with Crippen LogP contribution in [0.4, 0.5) is 5.82 Å². The summed E-state index contributed by atoms with van der Waals surface area (Å²) in [6, 6.07) is 0.649. The van der Waals surface area contributed by atoms with Crippen molar-refractivity contribution < 1.29 is 4.79 Å². The van der Waals surface area contributed by atoms with E-state index in [2.05, 4.69) is 20.0 Å². The van der Waals surface area contributed by atoms with Crippen LogP contribution in [0, 0.1) is 0 Å². The summed E-state index contributed by atoms with van der Waals surface area (Å²) in [5.74, 6) is 0.915. The number of hydrogen-bond donors (Lipinski definition) is 2. The summed E-state index contributed by atoms with van der Waals surface area (Å²) in [5, 5.41) is 8.39. The van der Waals surface area contributed by atoms with Gasteiger partial charge in [-0.2, -0.15) is 0 Å². The molecule has 2 heterocycles. The zero-order valence-corrected chi connectivity index (χ0v) is 13.2. The first-order valence-electron chi connectivity index (χ1n) is 7.34. The van der Waals surface area contributed by atoms with Crippen molar-refractivity contribution in [2.45, 2.75) is 32.4 Å². The lowest BCUT2D eigenvalue weighted by molar-refractivity contribution is -0.119. The summed E-state index contributed by atoms with van der Waals surface area (Å²) in [6.07, 6.45) is 4.56. The van der Waals surface area contributed by atoms with Gasteiger partial charge in [0.25, 0.3) is 0 Å². The van der Waals surface area contributed by atoms with E-state index in [1.165, 1.54) is 12.8 Å². The third-order valence-corrected chi connectivity index (χ3v) is 4.35. The Hall–Kier alpha value is -1.60. The largest absolute Gasteiger partial charge is 0.355 e. The zero-order valence-electron chi connectivity index (χ0n) is 12.4. The Kier molecular flexibility index (Phi) is 4.12. The van der Waals surface area contributed by atoms with E-state index in [1.54, 1.807) is 11.3 Å². The predicted molar refractivity (Wildman–Crippen MR) is 84.9 cm³/mol. The van der Waals surface area contributed by atoms with Gasteiger partial charge in [-0.3, -0.25) is 9.20 Å². The molecular formula is C14H21N5OS. The molecule has 0 unspecified atom stereocenters. The highest BCUT2D eigenvalue weighted by atomic mass is 32.1. The molecule has 6 nitrogen and oxygen atoms in total. The first-order valence-corrected chi connectivity index (χ1v) is 8.22. The van der Waals surface area contributed by atoms with Gasteiger partial charge in [-0.1, -0.05) is 0 Å². The molecule has 2 aromatic rings. The van der Waals surface area contributed by atoms with Gasteiger partial charge in [-0.05, 0) is 19.8 Å². The molecule has 0 radical (unpaired) electrons. The number of nitrogens with one attached hydrogen (secondary N) is 2. The van der Waals surface area contributed by atoms with Crippen LogP contribution >= 0.6 is 11.3 Å². The molecule has 0 atom stereocenters. The number of fused-ring (bicyclic) bond motifs is 1. The van der Waals surface area contributed by atoms with Crippen molar-refractivity contribution in [2.24, 2.45) is 0 Å². The fourth-order valence-electron chi connectivity index (χ4n) is 2.36. The van der Waals surface area contributed by atoms with Gasteiger partial charge in [0.2, 0.25) is 5.91 Å². The summed E-state index contributed by atoms with van der Waals surface area (Å²) in [7, 11) is 1.92. The van der Waals surface area contributed by atoms with Gasteiger partial charge in [-0.25, -0.2) is 4.98 Å². The van der Waals surface area contributed by atoms with Gasteiger partial charge in [0.15, 0.2) is 10.8 Å². The van der Waals surface area contributed by atoms with Crippen molar-refractivity contribution in [3.05, 3.63) is 17.3 Å².